The van der Waals surface area contributed by atoms with Crippen molar-refractivity contribution in [2.45, 2.75) is 12.5 Å². The number of ether oxygens (including phenoxy) is 1. The van der Waals surface area contributed by atoms with Crippen LogP contribution in [0.3, 0.4) is 0 Å². The minimum atomic E-state index is -0.593. The Morgan fingerprint density at radius 1 is 1.12 bits per heavy atom. The number of Topliss-reactive ketones (excluding diaryl/α,β-unsaturated/α-hetero) is 1. The van der Waals surface area contributed by atoms with Crippen LogP contribution >= 0.6 is 0 Å². The number of aliphatic hydroxyl groups is 1. The van der Waals surface area contributed by atoms with Crippen LogP contribution in [0.25, 0.3) is 11.8 Å². The molecule has 0 aliphatic carbocycles. The predicted molar refractivity (Wildman–Crippen MR) is 120 cm³/mol. The third-order valence-electron chi connectivity index (χ3n) is 5.53. The molecule has 0 amide bonds. The lowest BCUT2D eigenvalue weighted by Gasteiger charge is -2.39. The molecule has 0 fully saturated rings. The molecule has 1 aliphatic heterocycles. The maximum atomic E-state index is 14.2. The fourth-order valence-corrected chi connectivity index (χ4v) is 3.97. The summed E-state index contributed by atoms with van der Waals surface area (Å²) in [6.45, 7) is -0.593. The van der Waals surface area contributed by atoms with Gasteiger partial charge in [-0.05, 0) is 83.4 Å². The van der Waals surface area contributed by atoms with Gasteiger partial charge in [0.25, 0.3) is 0 Å². The van der Waals surface area contributed by atoms with Crippen molar-refractivity contribution in [2.24, 2.45) is 0 Å². The minimum absolute atomic E-state index is 0.000446. The number of rotatable bonds is 6. The molecule has 0 saturated heterocycles. The molecular weight excluding hydrogens is 407 g/mol. The number of benzene rings is 3. The maximum absolute atomic E-state index is 14.2. The number of nitriles is 1. The molecule has 1 heterocycles. The SMILES string of the molecule is COc1ccc(C2=Cc3ccc(F)cc3C(CC(=O)CO)N2c2ccc(C#N)cc2)cc1. The van der Waals surface area contributed by atoms with Crippen molar-refractivity contribution < 1.29 is 19.0 Å². The van der Waals surface area contributed by atoms with Crippen molar-refractivity contribution >= 4 is 23.2 Å². The van der Waals surface area contributed by atoms with Crippen molar-refractivity contribution in [1.82, 2.24) is 0 Å². The molecule has 0 aromatic heterocycles. The van der Waals surface area contributed by atoms with E-state index >= 15 is 0 Å². The highest BCUT2D eigenvalue weighted by Crippen LogP contribution is 2.44. The summed E-state index contributed by atoms with van der Waals surface area (Å²) >= 11 is 0. The number of aliphatic hydroxyl groups excluding tert-OH is 1. The molecule has 1 atom stereocenters. The topological polar surface area (TPSA) is 73.6 Å². The zero-order chi connectivity index (χ0) is 22.7. The second-order valence-corrected chi connectivity index (χ2v) is 7.48. The molecule has 3 aromatic carbocycles. The average Bonchev–Trinajstić information content (AvgIpc) is 2.84. The highest BCUT2D eigenvalue weighted by molar-refractivity contribution is 5.95. The summed E-state index contributed by atoms with van der Waals surface area (Å²) in [7, 11) is 1.60. The number of nitrogens with zero attached hydrogens (tertiary/aromatic N) is 2. The Labute approximate surface area is 185 Å². The number of hydrogen-bond donors (Lipinski definition) is 1. The maximum Gasteiger partial charge on any atom is 0.160 e. The normalized spacial score (nSPS) is 14.9. The first-order chi connectivity index (χ1) is 15.5. The van der Waals surface area contributed by atoms with Crippen LogP contribution in [0.4, 0.5) is 10.1 Å². The lowest BCUT2D eigenvalue weighted by molar-refractivity contribution is -0.122. The fourth-order valence-electron chi connectivity index (χ4n) is 3.97. The van der Waals surface area contributed by atoms with Gasteiger partial charge in [0.2, 0.25) is 0 Å². The highest BCUT2D eigenvalue weighted by Gasteiger charge is 2.32. The van der Waals surface area contributed by atoms with Crippen molar-refractivity contribution in [3.05, 3.63) is 94.8 Å². The molecule has 0 spiro atoms. The Hall–Kier alpha value is -3.95. The van der Waals surface area contributed by atoms with Crippen LogP contribution in [0, 0.1) is 17.1 Å². The van der Waals surface area contributed by atoms with E-state index in [-0.39, 0.29) is 12.2 Å². The van der Waals surface area contributed by atoms with Crippen LogP contribution in [0.1, 0.15) is 34.7 Å². The largest absolute Gasteiger partial charge is 0.497 e. The molecule has 4 rings (SSSR count). The smallest absolute Gasteiger partial charge is 0.160 e. The Bertz CT molecular complexity index is 1210. The lowest BCUT2D eigenvalue weighted by Crippen LogP contribution is -2.32. The first kappa shape index (κ1) is 21.3. The summed E-state index contributed by atoms with van der Waals surface area (Å²) in [5.41, 5.74) is 4.41. The number of fused-ring (bicyclic) bond motifs is 1. The van der Waals surface area contributed by atoms with Crippen molar-refractivity contribution in [3.63, 3.8) is 0 Å². The molecule has 6 heteroatoms. The third-order valence-corrected chi connectivity index (χ3v) is 5.53. The van der Waals surface area contributed by atoms with Crippen molar-refractivity contribution in [2.75, 3.05) is 18.6 Å². The zero-order valence-corrected chi connectivity index (χ0v) is 17.5. The fraction of sp³-hybridized carbons (Fsp3) is 0.154. The summed E-state index contributed by atoms with van der Waals surface area (Å²) in [5, 5.41) is 18.6. The summed E-state index contributed by atoms with van der Waals surface area (Å²) in [6, 6.07) is 20.6. The van der Waals surface area contributed by atoms with Gasteiger partial charge >= 0.3 is 0 Å². The van der Waals surface area contributed by atoms with E-state index in [9.17, 15) is 19.6 Å². The second kappa shape index (κ2) is 9.04. The molecule has 0 radical (unpaired) electrons. The van der Waals surface area contributed by atoms with Crippen LogP contribution in [-0.4, -0.2) is 24.6 Å². The third kappa shape index (κ3) is 4.11. The van der Waals surface area contributed by atoms with Gasteiger partial charge in [0, 0.05) is 17.8 Å². The quantitative estimate of drug-likeness (QED) is 0.615. The minimum Gasteiger partial charge on any atom is -0.497 e. The summed E-state index contributed by atoms with van der Waals surface area (Å²) in [6.07, 6.45) is 1.95. The molecular formula is C26H21FN2O3. The number of methoxy groups -OCH3 is 1. The molecule has 1 N–H and O–H groups in total. The number of carbonyl (C=O) groups is 1. The molecule has 5 nitrogen and oxygen atoms in total. The van der Waals surface area contributed by atoms with Gasteiger partial charge in [-0.2, -0.15) is 5.26 Å². The van der Waals surface area contributed by atoms with Crippen LogP contribution in [-0.2, 0) is 4.79 Å². The van der Waals surface area contributed by atoms with Crippen LogP contribution in [0.15, 0.2) is 66.7 Å². The monoisotopic (exact) mass is 428 g/mol. The van der Waals surface area contributed by atoms with E-state index in [1.165, 1.54) is 12.1 Å². The number of hydrogen-bond acceptors (Lipinski definition) is 5. The van der Waals surface area contributed by atoms with E-state index in [1.807, 2.05) is 35.2 Å². The van der Waals surface area contributed by atoms with Crippen LogP contribution in [0.5, 0.6) is 5.75 Å². The van der Waals surface area contributed by atoms with E-state index in [0.29, 0.717) is 16.9 Å². The molecule has 3 aromatic rings. The number of carbonyl (C=O) groups excluding carboxylic acids is 1. The number of halogens is 1. The van der Waals surface area contributed by atoms with E-state index in [2.05, 4.69) is 6.07 Å². The molecule has 160 valence electrons. The Balaban J connectivity index is 1.92. The van der Waals surface area contributed by atoms with Gasteiger partial charge in [-0.25, -0.2) is 4.39 Å². The van der Waals surface area contributed by atoms with Gasteiger partial charge in [-0.15, -0.1) is 0 Å². The van der Waals surface area contributed by atoms with E-state index in [4.69, 9.17) is 4.74 Å². The summed E-state index contributed by atoms with van der Waals surface area (Å²) < 4.78 is 19.5. The zero-order valence-electron chi connectivity index (χ0n) is 17.5. The second-order valence-electron chi connectivity index (χ2n) is 7.48. The van der Waals surface area contributed by atoms with Crippen LogP contribution < -0.4 is 9.64 Å². The van der Waals surface area contributed by atoms with Gasteiger partial charge in [0.15, 0.2) is 5.78 Å². The van der Waals surface area contributed by atoms with Gasteiger partial charge < -0.3 is 14.7 Å². The van der Waals surface area contributed by atoms with Crippen molar-refractivity contribution in [3.8, 4) is 11.8 Å². The number of anilines is 1. The highest BCUT2D eigenvalue weighted by atomic mass is 19.1. The van der Waals surface area contributed by atoms with Gasteiger partial charge in [0.1, 0.15) is 18.2 Å². The first-order valence-electron chi connectivity index (χ1n) is 10.1. The predicted octanol–water partition coefficient (Wildman–Crippen LogP) is 4.72. The first-order valence-corrected chi connectivity index (χ1v) is 10.1. The van der Waals surface area contributed by atoms with Gasteiger partial charge in [-0.3, -0.25) is 4.79 Å². The molecule has 0 bridgehead atoms. The Morgan fingerprint density at radius 3 is 2.47 bits per heavy atom. The molecule has 1 unspecified atom stereocenters. The van der Waals surface area contributed by atoms with Gasteiger partial charge in [-0.1, -0.05) is 6.07 Å². The summed E-state index contributed by atoms with van der Waals surface area (Å²) in [5.74, 6) is -0.0318. The van der Waals surface area contributed by atoms with Crippen LogP contribution in [0.2, 0.25) is 0 Å². The molecule has 32 heavy (non-hydrogen) atoms. The average molecular weight is 428 g/mol. The number of ketones is 1. The molecule has 0 saturated carbocycles. The summed E-state index contributed by atoms with van der Waals surface area (Å²) in [4.78, 5) is 14.3. The lowest BCUT2D eigenvalue weighted by atomic mass is 9.88. The van der Waals surface area contributed by atoms with Gasteiger partial charge in [0.05, 0.1) is 24.8 Å². The Kier molecular flexibility index (Phi) is 6.02. The van der Waals surface area contributed by atoms with E-state index < -0.39 is 18.5 Å². The Morgan fingerprint density at radius 2 is 1.84 bits per heavy atom. The van der Waals surface area contributed by atoms with E-state index in [1.54, 1.807) is 37.4 Å². The van der Waals surface area contributed by atoms with Crippen molar-refractivity contribution in [1.29, 1.82) is 5.26 Å². The molecule has 1 aliphatic rings. The standard InChI is InChI=1S/C26H21FN2O3/c1-32-23-10-5-18(6-11-23)25-12-19-4-7-20(27)13-24(19)26(14-22(31)16-30)29(25)21-8-2-17(15-28)3-9-21/h2-13,26,30H,14,16H2,1H3. The van der Waals surface area contributed by atoms with E-state index in [0.717, 1.165) is 22.5 Å².